The van der Waals surface area contributed by atoms with Gasteiger partial charge < -0.3 is 10.1 Å². The summed E-state index contributed by atoms with van der Waals surface area (Å²) in [7, 11) is 0. The number of hydrogen-bond donors (Lipinski definition) is 1. The van der Waals surface area contributed by atoms with Crippen molar-refractivity contribution < 1.29 is 4.74 Å². The predicted molar refractivity (Wildman–Crippen MR) is 53.6 cm³/mol. The van der Waals surface area contributed by atoms with Crippen LogP contribution in [-0.4, -0.2) is 25.8 Å². The van der Waals surface area contributed by atoms with E-state index in [2.05, 4.69) is 5.32 Å². The van der Waals surface area contributed by atoms with E-state index in [4.69, 9.17) is 16.3 Å². The van der Waals surface area contributed by atoms with Crippen molar-refractivity contribution in [3.05, 3.63) is 11.1 Å². The molecular weight excluding hydrogens is 174 g/mol. The van der Waals surface area contributed by atoms with Gasteiger partial charge in [-0.05, 0) is 26.3 Å². The van der Waals surface area contributed by atoms with Crippen molar-refractivity contribution in [2.45, 2.75) is 26.9 Å². The fourth-order valence-corrected chi connectivity index (χ4v) is 0.768. The summed E-state index contributed by atoms with van der Waals surface area (Å²) in [4.78, 5) is 0. The van der Waals surface area contributed by atoms with Crippen molar-refractivity contribution in [2.75, 3.05) is 19.7 Å². The smallest absolute Gasteiger partial charge is 0.0594 e. The summed E-state index contributed by atoms with van der Waals surface area (Å²) in [5.74, 6) is 0. The van der Waals surface area contributed by atoms with Gasteiger partial charge in [0.15, 0.2) is 0 Å². The molecule has 1 N–H and O–H groups in total. The number of rotatable bonds is 6. The molecule has 0 unspecified atom stereocenters. The third-order valence-corrected chi connectivity index (χ3v) is 1.69. The van der Waals surface area contributed by atoms with Gasteiger partial charge in [0.2, 0.25) is 0 Å². The van der Waals surface area contributed by atoms with Crippen LogP contribution in [0.15, 0.2) is 11.1 Å². The molecule has 0 rings (SSSR count). The fraction of sp³-hybridized carbons (Fsp3) is 0.778. The van der Waals surface area contributed by atoms with E-state index in [1.54, 1.807) is 5.54 Å². The van der Waals surface area contributed by atoms with E-state index in [1.807, 2.05) is 20.8 Å². The normalized spacial score (nSPS) is 12.6. The molecule has 3 heteroatoms. The lowest BCUT2D eigenvalue weighted by molar-refractivity contribution is 0.0813. The highest BCUT2D eigenvalue weighted by Crippen LogP contribution is 1.91. The van der Waals surface area contributed by atoms with Gasteiger partial charge in [0.05, 0.1) is 12.7 Å². The van der Waals surface area contributed by atoms with Gasteiger partial charge >= 0.3 is 0 Å². The molecule has 12 heavy (non-hydrogen) atoms. The number of halogens is 1. The Balaban J connectivity index is 3.11. The Hall–Kier alpha value is -0.0500. The van der Waals surface area contributed by atoms with Crippen LogP contribution in [-0.2, 0) is 4.74 Å². The maximum Gasteiger partial charge on any atom is 0.0594 e. The molecule has 0 radical (unpaired) electrons. The van der Waals surface area contributed by atoms with E-state index in [1.165, 1.54) is 0 Å². The van der Waals surface area contributed by atoms with Crippen LogP contribution in [0.2, 0.25) is 0 Å². The molecule has 2 nitrogen and oxygen atoms in total. The summed E-state index contributed by atoms with van der Waals surface area (Å²) in [6.07, 6.45) is 0.316. The summed E-state index contributed by atoms with van der Waals surface area (Å²) < 4.78 is 5.34. The number of nitrogens with one attached hydrogen (secondary N) is 1. The van der Waals surface area contributed by atoms with Crippen molar-refractivity contribution in [1.82, 2.24) is 5.32 Å². The Bertz CT molecular complexity index is 134. The summed E-state index contributed by atoms with van der Waals surface area (Å²) in [6, 6.07) is 0. The first kappa shape index (κ1) is 11.9. The van der Waals surface area contributed by atoms with Crippen molar-refractivity contribution in [2.24, 2.45) is 0 Å². The average molecular weight is 192 g/mol. The average Bonchev–Trinajstić information content (AvgIpc) is 2.03. The van der Waals surface area contributed by atoms with Gasteiger partial charge in [-0.15, -0.1) is 0 Å². The Morgan fingerprint density at radius 2 is 2.25 bits per heavy atom. The molecule has 0 atom stereocenters. The first-order valence-corrected chi connectivity index (χ1v) is 4.68. The van der Waals surface area contributed by atoms with Gasteiger partial charge in [-0.2, -0.15) is 0 Å². The molecule has 0 saturated carbocycles. The fourth-order valence-electron chi connectivity index (χ4n) is 0.691. The second-order valence-corrected chi connectivity index (χ2v) is 3.27. The molecule has 0 fully saturated rings. The van der Waals surface area contributed by atoms with Crippen molar-refractivity contribution in [3.8, 4) is 0 Å². The van der Waals surface area contributed by atoms with Gasteiger partial charge in [0, 0.05) is 18.6 Å². The van der Waals surface area contributed by atoms with E-state index in [9.17, 15) is 0 Å². The van der Waals surface area contributed by atoms with E-state index in [0.29, 0.717) is 6.10 Å². The third-order valence-electron chi connectivity index (χ3n) is 1.32. The van der Waals surface area contributed by atoms with Gasteiger partial charge in [-0.3, -0.25) is 0 Å². The maximum absolute atomic E-state index is 5.48. The monoisotopic (exact) mass is 191 g/mol. The molecule has 0 aliphatic carbocycles. The Morgan fingerprint density at radius 1 is 1.58 bits per heavy atom. The van der Waals surface area contributed by atoms with E-state index in [0.717, 1.165) is 25.3 Å². The molecule has 0 bridgehead atoms. The minimum Gasteiger partial charge on any atom is -0.377 e. The van der Waals surface area contributed by atoms with E-state index < -0.39 is 0 Å². The van der Waals surface area contributed by atoms with Crippen LogP contribution in [0, 0.1) is 0 Å². The summed E-state index contributed by atoms with van der Waals surface area (Å²) in [6.45, 7) is 8.52. The Kier molecular flexibility index (Phi) is 7.56. The highest BCUT2D eigenvalue weighted by molar-refractivity contribution is 6.25. The second-order valence-electron chi connectivity index (χ2n) is 3.05. The lowest BCUT2D eigenvalue weighted by Crippen LogP contribution is -2.22. The third kappa shape index (κ3) is 8.05. The first-order valence-electron chi connectivity index (χ1n) is 4.25. The molecule has 0 aliphatic rings. The molecule has 72 valence electrons. The molecule has 0 heterocycles. The second kappa shape index (κ2) is 7.59. The van der Waals surface area contributed by atoms with Crippen LogP contribution < -0.4 is 5.32 Å². The van der Waals surface area contributed by atoms with Gasteiger partial charge in [-0.1, -0.05) is 11.6 Å². The molecular formula is C9H18ClNO. The predicted octanol–water partition coefficient (Wildman–Crippen LogP) is 2.14. The highest BCUT2D eigenvalue weighted by Gasteiger charge is 1.92. The van der Waals surface area contributed by atoms with Crippen LogP contribution >= 0.6 is 11.6 Å². The van der Waals surface area contributed by atoms with Crippen LogP contribution in [0.1, 0.15) is 20.8 Å². The Morgan fingerprint density at radius 3 is 2.75 bits per heavy atom. The molecule has 0 aromatic heterocycles. The molecule has 0 amide bonds. The van der Waals surface area contributed by atoms with Crippen molar-refractivity contribution in [1.29, 1.82) is 0 Å². The Labute approximate surface area is 79.9 Å². The van der Waals surface area contributed by atoms with Crippen LogP contribution in [0.3, 0.4) is 0 Å². The minimum absolute atomic E-state index is 0.316. The van der Waals surface area contributed by atoms with E-state index in [-0.39, 0.29) is 0 Å². The van der Waals surface area contributed by atoms with Gasteiger partial charge in [-0.25, -0.2) is 0 Å². The molecule has 0 aromatic rings. The summed E-state index contributed by atoms with van der Waals surface area (Å²) in [5, 5.41) is 3.21. The summed E-state index contributed by atoms with van der Waals surface area (Å²) in [5.41, 5.74) is 2.73. The van der Waals surface area contributed by atoms with E-state index >= 15 is 0 Å². The topological polar surface area (TPSA) is 21.3 Å². The first-order chi connectivity index (χ1) is 5.66. The van der Waals surface area contributed by atoms with Crippen molar-refractivity contribution in [3.63, 3.8) is 0 Å². The largest absolute Gasteiger partial charge is 0.377 e. The van der Waals surface area contributed by atoms with Crippen LogP contribution in [0.4, 0.5) is 0 Å². The number of ether oxygens (including phenoxy) is 1. The van der Waals surface area contributed by atoms with Crippen molar-refractivity contribution >= 4 is 11.6 Å². The zero-order chi connectivity index (χ0) is 9.40. The lowest BCUT2D eigenvalue weighted by atomic mass is 10.3. The molecule has 0 aliphatic heterocycles. The maximum atomic E-state index is 5.48. The van der Waals surface area contributed by atoms with Gasteiger partial charge in [0.25, 0.3) is 0 Å². The lowest BCUT2D eigenvalue weighted by Gasteiger charge is -2.08. The number of hydrogen-bond acceptors (Lipinski definition) is 2. The SMILES string of the molecule is CC(=CCl)CNCCOC(C)C. The molecule has 0 saturated heterocycles. The summed E-state index contributed by atoms with van der Waals surface area (Å²) >= 11 is 5.48. The van der Waals surface area contributed by atoms with Crippen LogP contribution in [0.25, 0.3) is 0 Å². The quantitative estimate of drug-likeness (QED) is 0.650. The standard InChI is InChI=1S/C9H18ClNO/c1-8(2)12-5-4-11-7-9(3)6-10/h6,8,11H,4-5,7H2,1-3H3. The van der Waals surface area contributed by atoms with Crippen LogP contribution in [0.5, 0.6) is 0 Å². The minimum atomic E-state index is 0.316. The molecule has 0 spiro atoms. The molecule has 0 aromatic carbocycles. The zero-order valence-corrected chi connectivity index (χ0v) is 8.82. The van der Waals surface area contributed by atoms with Gasteiger partial charge in [0.1, 0.15) is 0 Å². The highest BCUT2D eigenvalue weighted by atomic mass is 35.5. The zero-order valence-electron chi connectivity index (χ0n) is 8.06.